The van der Waals surface area contributed by atoms with Crippen LogP contribution in [0.1, 0.15) is 39.0 Å². The number of carbonyl (C=O) groups excluding carboxylic acids is 1. The molecule has 0 spiro atoms. The fourth-order valence-electron chi connectivity index (χ4n) is 2.68. The van der Waals surface area contributed by atoms with Crippen molar-refractivity contribution in [2.24, 2.45) is 5.92 Å². The first-order chi connectivity index (χ1) is 8.25. The fraction of sp³-hybridized carbons (Fsp3) is 0.923. The molecule has 0 unspecified atom stereocenters. The highest BCUT2D eigenvalue weighted by atomic mass is 16.6. The number of likely N-dealkylation sites (tertiary alicyclic amines) is 1. The maximum atomic E-state index is 11.9. The summed E-state index contributed by atoms with van der Waals surface area (Å²) in [6.07, 6.45) is 5.84. The van der Waals surface area contributed by atoms with E-state index in [9.17, 15) is 4.79 Å². The van der Waals surface area contributed by atoms with Crippen LogP contribution in [0.15, 0.2) is 0 Å². The van der Waals surface area contributed by atoms with Gasteiger partial charge in [0.05, 0.1) is 0 Å². The van der Waals surface area contributed by atoms with Crippen molar-refractivity contribution in [3.8, 4) is 0 Å². The number of carbonyl (C=O) groups is 1. The first kappa shape index (κ1) is 12.7. The second-order valence-electron chi connectivity index (χ2n) is 5.42. The van der Waals surface area contributed by atoms with Crippen LogP contribution in [-0.2, 0) is 4.74 Å². The van der Waals surface area contributed by atoms with Crippen molar-refractivity contribution in [1.82, 2.24) is 10.2 Å². The molecule has 0 aromatic carbocycles. The molecule has 2 aliphatic rings. The van der Waals surface area contributed by atoms with E-state index in [-0.39, 0.29) is 6.09 Å². The van der Waals surface area contributed by atoms with Crippen molar-refractivity contribution in [2.75, 3.05) is 26.2 Å². The monoisotopic (exact) mass is 240 g/mol. The maximum absolute atomic E-state index is 11.9. The predicted molar refractivity (Wildman–Crippen MR) is 67.0 cm³/mol. The van der Waals surface area contributed by atoms with Crippen LogP contribution in [0.4, 0.5) is 4.79 Å². The SMILES string of the molecule is C[C@@H]1CCCN(C(=O)OC[C@@H]2CCCCN2)C1. The molecule has 2 fully saturated rings. The van der Waals surface area contributed by atoms with Crippen molar-refractivity contribution in [3.05, 3.63) is 0 Å². The molecule has 0 aromatic heterocycles. The van der Waals surface area contributed by atoms with Gasteiger partial charge in [-0.25, -0.2) is 4.79 Å². The molecule has 1 N–H and O–H groups in total. The van der Waals surface area contributed by atoms with E-state index in [1.807, 2.05) is 4.90 Å². The van der Waals surface area contributed by atoms with Crippen LogP contribution >= 0.6 is 0 Å². The van der Waals surface area contributed by atoms with E-state index in [2.05, 4.69) is 12.2 Å². The third-order valence-corrected chi connectivity index (χ3v) is 3.74. The lowest BCUT2D eigenvalue weighted by molar-refractivity contribution is 0.0757. The zero-order valence-corrected chi connectivity index (χ0v) is 10.8. The lowest BCUT2D eigenvalue weighted by atomic mass is 10.0. The third-order valence-electron chi connectivity index (χ3n) is 3.74. The molecule has 0 saturated carbocycles. The smallest absolute Gasteiger partial charge is 0.409 e. The lowest BCUT2D eigenvalue weighted by Gasteiger charge is -2.31. The molecule has 2 aliphatic heterocycles. The first-order valence-corrected chi connectivity index (χ1v) is 6.91. The minimum atomic E-state index is -0.121. The Morgan fingerprint density at radius 3 is 2.94 bits per heavy atom. The van der Waals surface area contributed by atoms with Gasteiger partial charge >= 0.3 is 6.09 Å². The van der Waals surface area contributed by atoms with Crippen molar-refractivity contribution in [3.63, 3.8) is 0 Å². The van der Waals surface area contributed by atoms with Crippen LogP contribution < -0.4 is 5.32 Å². The molecule has 2 rings (SSSR count). The number of hydrogen-bond acceptors (Lipinski definition) is 3. The molecule has 2 heterocycles. The van der Waals surface area contributed by atoms with Gasteiger partial charge in [0.25, 0.3) is 0 Å². The van der Waals surface area contributed by atoms with Crippen LogP contribution in [0.5, 0.6) is 0 Å². The summed E-state index contributed by atoms with van der Waals surface area (Å²) in [6, 6.07) is 0.370. The van der Waals surface area contributed by atoms with Gasteiger partial charge in [-0.2, -0.15) is 0 Å². The van der Waals surface area contributed by atoms with Gasteiger partial charge in [0, 0.05) is 19.1 Å². The molecular formula is C13H24N2O2. The third kappa shape index (κ3) is 3.87. The van der Waals surface area contributed by atoms with Crippen molar-refractivity contribution >= 4 is 6.09 Å². The Labute approximate surface area is 104 Å². The molecule has 2 atom stereocenters. The average Bonchev–Trinajstić information content (AvgIpc) is 2.37. The highest BCUT2D eigenvalue weighted by Gasteiger charge is 2.23. The van der Waals surface area contributed by atoms with E-state index < -0.39 is 0 Å². The number of amides is 1. The van der Waals surface area contributed by atoms with Gasteiger partial charge in [-0.05, 0) is 38.1 Å². The summed E-state index contributed by atoms with van der Waals surface area (Å²) in [4.78, 5) is 13.7. The van der Waals surface area contributed by atoms with Gasteiger partial charge in [-0.1, -0.05) is 13.3 Å². The standard InChI is InChI=1S/C13H24N2O2/c1-11-5-4-8-15(9-11)13(16)17-10-12-6-2-3-7-14-12/h11-12,14H,2-10H2,1H3/t11-,12+/m1/s1. The molecule has 2 saturated heterocycles. The zero-order valence-electron chi connectivity index (χ0n) is 10.8. The highest BCUT2D eigenvalue weighted by molar-refractivity contribution is 5.67. The van der Waals surface area contributed by atoms with Crippen molar-refractivity contribution in [2.45, 2.75) is 45.1 Å². The summed E-state index contributed by atoms with van der Waals surface area (Å²) in [5, 5.41) is 3.39. The average molecular weight is 240 g/mol. The van der Waals surface area contributed by atoms with E-state index >= 15 is 0 Å². The molecule has 0 aromatic rings. The summed E-state index contributed by atoms with van der Waals surface area (Å²) in [6.45, 7) is 5.51. The molecular weight excluding hydrogens is 216 g/mol. The van der Waals surface area contributed by atoms with Crippen LogP contribution in [0.2, 0.25) is 0 Å². The van der Waals surface area contributed by atoms with Crippen molar-refractivity contribution < 1.29 is 9.53 Å². The number of nitrogens with one attached hydrogen (secondary N) is 1. The van der Waals surface area contributed by atoms with Crippen LogP contribution in [-0.4, -0.2) is 43.3 Å². The number of piperidine rings is 2. The van der Waals surface area contributed by atoms with Crippen molar-refractivity contribution in [1.29, 1.82) is 0 Å². The second-order valence-corrected chi connectivity index (χ2v) is 5.42. The first-order valence-electron chi connectivity index (χ1n) is 6.91. The van der Waals surface area contributed by atoms with Gasteiger partial charge < -0.3 is 15.0 Å². The number of nitrogens with zero attached hydrogens (tertiary/aromatic N) is 1. The maximum Gasteiger partial charge on any atom is 0.409 e. The Morgan fingerprint density at radius 1 is 1.35 bits per heavy atom. The minimum absolute atomic E-state index is 0.121. The predicted octanol–water partition coefficient (Wildman–Crippen LogP) is 2.00. The van der Waals surface area contributed by atoms with E-state index in [1.54, 1.807) is 0 Å². The number of ether oxygens (including phenoxy) is 1. The second kappa shape index (κ2) is 6.24. The summed E-state index contributed by atoms with van der Waals surface area (Å²) >= 11 is 0. The molecule has 4 heteroatoms. The lowest BCUT2D eigenvalue weighted by Crippen LogP contribution is -2.43. The molecule has 0 bridgehead atoms. The Kier molecular flexibility index (Phi) is 4.66. The van der Waals surface area contributed by atoms with E-state index in [0.717, 1.165) is 32.5 Å². The van der Waals surface area contributed by atoms with Gasteiger partial charge in [0.1, 0.15) is 6.61 Å². The zero-order chi connectivity index (χ0) is 12.1. The summed E-state index contributed by atoms with van der Waals surface area (Å²) in [7, 11) is 0. The molecule has 17 heavy (non-hydrogen) atoms. The quantitative estimate of drug-likeness (QED) is 0.802. The molecule has 0 aliphatic carbocycles. The van der Waals surface area contributed by atoms with Gasteiger partial charge in [0.2, 0.25) is 0 Å². The van der Waals surface area contributed by atoms with Crippen LogP contribution in [0, 0.1) is 5.92 Å². The largest absolute Gasteiger partial charge is 0.448 e. The minimum Gasteiger partial charge on any atom is -0.448 e. The van der Waals surface area contributed by atoms with E-state index in [4.69, 9.17) is 4.74 Å². The Balaban J connectivity index is 1.69. The highest BCUT2D eigenvalue weighted by Crippen LogP contribution is 2.16. The van der Waals surface area contributed by atoms with Gasteiger partial charge in [0.15, 0.2) is 0 Å². The number of hydrogen-bond donors (Lipinski definition) is 1. The fourth-order valence-corrected chi connectivity index (χ4v) is 2.68. The van der Waals surface area contributed by atoms with Gasteiger partial charge in [-0.3, -0.25) is 0 Å². The number of rotatable bonds is 2. The van der Waals surface area contributed by atoms with E-state index in [1.165, 1.54) is 19.3 Å². The molecule has 4 nitrogen and oxygen atoms in total. The Hall–Kier alpha value is -0.770. The van der Waals surface area contributed by atoms with Crippen LogP contribution in [0.3, 0.4) is 0 Å². The molecule has 1 amide bonds. The Morgan fingerprint density at radius 2 is 2.24 bits per heavy atom. The molecule has 0 radical (unpaired) electrons. The molecule has 98 valence electrons. The van der Waals surface area contributed by atoms with E-state index in [0.29, 0.717) is 18.6 Å². The summed E-state index contributed by atoms with van der Waals surface area (Å²) in [5.74, 6) is 0.615. The van der Waals surface area contributed by atoms with Gasteiger partial charge in [-0.15, -0.1) is 0 Å². The summed E-state index contributed by atoms with van der Waals surface area (Å²) in [5.41, 5.74) is 0. The topological polar surface area (TPSA) is 41.6 Å². The Bertz CT molecular complexity index is 252. The van der Waals surface area contributed by atoms with Crippen LogP contribution in [0.25, 0.3) is 0 Å². The summed E-state index contributed by atoms with van der Waals surface area (Å²) < 4.78 is 5.39. The normalized spacial score (nSPS) is 30.1.